The van der Waals surface area contributed by atoms with Crippen molar-refractivity contribution in [3.05, 3.63) is 12.2 Å². The topological polar surface area (TPSA) is 17.1 Å². The summed E-state index contributed by atoms with van der Waals surface area (Å²) in [4.78, 5) is 10.0. The normalized spacial score (nSPS) is 10.9. The SMILES string of the molecule is CC/C=C/CCCCCCCCC=O. The molecule has 0 atom stereocenters. The molecule has 0 amide bonds. The number of allylic oxidation sites excluding steroid dienone is 2. The van der Waals surface area contributed by atoms with E-state index >= 15 is 0 Å². The highest BCUT2D eigenvalue weighted by atomic mass is 16.1. The Morgan fingerprint density at radius 2 is 1.36 bits per heavy atom. The van der Waals surface area contributed by atoms with Crippen LogP contribution in [0.25, 0.3) is 0 Å². The number of carbonyl (C=O) groups is 1. The molecule has 0 unspecified atom stereocenters. The van der Waals surface area contributed by atoms with Crippen molar-refractivity contribution >= 4 is 6.29 Å². The van der Waals surface area contributed by atoms with Crippen molar-refractivity contribution in [3.8, 4) is 0 Å². The molecule has 0 fully saturated rings. The Morgan fingerprint density at radius 3 is 1.93 bits per heavy atom. The number of aldehydes is 1. The fourth-order valence-corrected chi connectivity index (χ4v) is 1.48. The van der Waals surface area contributed by atoms with Crippen LogP contribution in [0.3, 0.4) is 0 Å². The van der Waals surface area contributed by atoms with E-state index in [-0.39, 0.29) is 0 Å². The standard InChI is InChI=1S/C13H24O/c1-2-3-4-5-6-7-8-9-10-11-12-13-14/h3-4,13H,2,5-12H2,1H3/b4-3+. The maximum Gasteiger partial charge on any atom is 0.119 e. The lowest BCUT2D eigenvalue weighted by Crippen LogP contribution is -1.80. The van der Waals surface area contributed by atoms with E-state index in [0.717, 1.165) is 25.5 Å². The van der Waals surface area contributed by atoms with Crippen molar-refractivity contribution in [2.75, 3.05) is 0 Å². The van der Waals surface area contributed by atoms with Gasteiger partial charge in [0.25, 0.3) is 0 Å². The first kappa shape index (κ1) is 13.4. The third-order valence-electron chi connectivity index (χ3n) is 2.35. The summed E-state index contributed by atoms with van der Waals surface area (Å²) in [5.74, 6) is 0. The molecule has 0 rings (SSSR count). The van der Waals surface area contributed by atoms with E-state index in [4.69, 9.17) is 0 Å². The van der Waals surface area contributed by atoms with E-state index in [0.29, 0.717) is 0 Å². The van der Waals surface area contributed by atoms with Crippen LogP contribution in [0, 0.1) is 0 Å². The van der Waals surface area contributed by atoms with E-state index in [9.17, 15) is 4.79 Å². The molecule has 0 aliphatic rings. The highest BCUT2D eigenvalue weighted by molar-refractivity contribution is 5.48. The second-order valence-electron chi connectivity index (χ2n) is 3.74. The minimum Gasteiger partial charge on any atom is -0.303 e. The minimum atomic E-state index is 0.749. The van der Waals surface area contributed by atoms with Gasteiger partial charge in [-0.05, 0) is 25.7 Å². The molecule has 0 aliphatic heterocycles. The van der Waals surface area contributed by atoms with Gasteiger partial charge in [0, 0.05) is 6.42 Å². The first-order valence-corrected chi connectivity index (χ1v) is 6.00. The highest BCUT2D eigenvalue weighted by Gasteiger charge is 1.89. The lowest BCUT2D eigenvalue weighted by atomic mass is 10.1. The second-order valence-corrected chi connectivity index (χ2v) is 3.74. The average Bonchev–Trinajstić information content (AvgIpc) is 2.21. The predicted octanol–water partition coefficient (Wildman–Crippen LogP) is 4.27. The summed E-state index contributed by atoms with van der Waals surface area (Å²) in [6.45, 7) is 2.17. The first-order chi connectivity index (χ1) is 6.91. The van der Waals surface area contributed by atoms with Crippen molar-refractivity contribution in [3.63, 3.8) is 0 Å². The van der Waals surface area contributed by atoms with E-state index in [1.165, 1.54) is 38.5 Å². The molecule has 14 heavy (non-hydrogen) atoms. The van der Waals surface area contributed by atoms with E-state index in [2.05, 4.69) is 19.1 Å². The van der Waals surface area contributed by atoms with E-state index in [1.807, 2.05) is 0 Å². The molecule has 1 heteroatoms. The maximum atomic E-state index is 10.0. The van der Waals surface area contributed by atoms with Gasteiger partial charge in [0.05, 0.1) is 0 Å². The summed E-state index contributed by atoms with van der Waals surface area (Å²) in [7, 11) is 0. The Kier molecular flexibility index (Phi) is 11.9. The van der Waals surface area contributed by atoms with Gasteiger partial charge in [0.2, 0.25) is 0 Å². The van der Waals surface area contributed by atoms with Gasteiger partial charge < -0.3 is 4.79 Å². The van der Waals surface area contributed by atoms with Crippen LogP contribution in [-0.2, 0) is 4.79 Å². The lowest BCUT2D eigenvalue weighted by Gasteiger charge is -1.98. The fourth-order valence-electron chi connectivity index (χ4n) is 1.48. The van der Waals surface area contributed by atoms with Gasteiger partial charge in [0.1, 0.15) is 6.29 Å². The molecule has 0 N–H and O–H groups in total. The van der Waals surface area contributed by atoms with Crippen molar-refractivity contribution in [1.82, 2.24) is 0 Å². The molecule has 0 aliphatic carbocycles. The maximum absolute atomic E-state index is 10.0. The third-order valence-corrected chi connectivity index (χ3v) is 2.35. The summed E-state index contributed by atoms with van der Waals surface area (Å²) in [5.41, 5.74) is 0. The Balaban J connectivity index is 2.91. The minimum absolute atomic E-state index is 0.749. The highest BCUT2D eigenvalue weighted by Crippen LogP contribution is 2.08. The summed E-state index contributed by atoms with van der Waals surface area (Å²) < 4.78 is 0. The van der Waals surface area contributed by atoms with Crippen LogP contribution in [0.15, 0.2) is 12.2 Å². The van der Waals surface area contributed by atoms with Gasteiger partial charge in [-0.25, -0.2) is 0 Å². The zero-order valence-corrected chi connectivity index (χ0v) is 9.50. The third kappa shape index (κ3) is 11.4. The number of rotatable bonds is 10. The molecule has 1 nitrogen and oxygen atoms in total. The van der Waals surface area contributed by atoms with E-state index < -0.39 is 0 Å². The predicted molar refractivity (Wildman–Crippen MR) is 62.4 cm³/mol. The van der Waals surface area contributed by atoms with Crippen molar-refractivity contribution in [2.45, 2.75) is 64.7 Å². The van der Waals surface area contributed by atoms with Crippen LogP contribution in [0.4, 0.5) is 0 Å². The zero-order chi connectivity index (χ0) is 10.5. The van der Waals surface area contributed by atoms with Crippen LogP contribution in [-0.4, -0.2) is 6.29 Å². The van der Waals surface area contributed by atoms with Gasteiger partial charge in [-0.2, -0.15) is 0 Å². The van der Waals surface area contributed by atoms with Crippen LogP contribution in [0.1, 0.15) is 64.7 Å². The van der Waals surface area contributed by atoms with Gasteiger partial charge in [-0.15, -0.1) is 0 Å². The second kappa shape index (κ2) is 12.4. The molecule has 0 radical (unpaired) electrons. The monoisotopic (exact) mass is 196 g/mol. The Hall–Kier alpha value is -0.590. The van der Waals surface area contributed by atoms with Crippen LogP contribution >= 0.6 is 0 Å². The van der Waals surface area contributed by atoms with Crippen LogP contribution in [0.2, 0.25) is 0 Å². The van der Waals surface area contributed by atoms with Gasteiger partial charge in [-0.1, -0.05) is 44.8 Å². The molecule has 0 saturated heterocycles. The molecular weight excluding hydrogens is 172 g/mol. The van der Waals surface area contributed by atoms with Gasteiger partial charge in [0.15, 0.2) is 0 Å². The average molecular weight is 196 g/mol. The van der Waals surface area contributed by atoms with Crippen LogP contribution in [0.5, 0.6) is 0 Å². The van der Waals surface area contributed by atoms with E-state index in [1.54, 1.807) is 0 Å². The van der Waals surface area contributed by atoms with Crippen molar-refractivity contribution < 1.29 is 4.79 Å². The molecular formula is C13H24O. The van der Waals surface area contributed by atoms with Crippen molar-refractivity contribution in [1.29, 1.82) is 0 Å². The number of unbranched alkanes of at least 4 members (excludes halogenated alkanes) is 7. The smallest absolute Gasteiger partial charge is 0.119 e. The Morgan fingerprint density at radius 1 is 0.786 bits per heavy atom. The molecule has 0 spiro atoms. The number of hydrogen-bond donors (Lipinski definition) is 0. The Labute approximate surface area is 88.6 Å². The fraction of sp³-hybridized carbons (Fsp3) is 0.769. The molecule has 0 aromatic rings. The number of carbonyl (C=O) groups excluding carboxylic acids is 1. The quantitative estimate of drug-likeness (QED) is 0.290. The molecule has 0 aromatic carbocycles. The molecule has 0 saturated carbocycles. The Bertz CT molecular complexity index is 138. The molecule has 0 aromatic heterocycles. The largest absolute Gasteiger partial charge is 0.303 e. The summed E-state index contributed by atoms with van der Waals surface area (Å²) >= 11 is 0. The first-order valence-electron chi connectivity index (χ1n) is 6.00. The summed E-state index contributed by atoms with van der Waals surface area (Å²) in [6.07, 6.45) is 16.3. The van der Waals surface area contributed by atoms with Gasteiger partial charge >= 0.3 is 0 Å². The molecule has 0 bridgehead atoms. The summed E-state index contributed by atoms with van der Waals surface area (Å²) in [5, 5.41) is 0. The number of hydrogen-bond acceptors (Lipinski definition) is 1. The van der Waals surface area contributed by atoms with Gasteiger partial charge in [-0.3, -0.25) is 0 Å². The molecule has 82 valence electrons. The zero-order valence-electron chi connectivity index (χ0n) is 9.50. The molecule has 0 heterocycles. The summed E-state index contributed by atoms with van der Waals surface area (Å²) in [6, 6.07) is 0. The van der Waals surface area contributed by atoms with Crippen LogP contribution < -0.4 is 0 Å². The van der Waals surface area contributed by atoms with Crippen molar-refractivity contribution in [2.24, 2.45) is 0 Å². The lowest BCUT2D eigenvalue weighted by molar-refractivity contribution is -0.107.